The predicted molar refractivity (Wildman–Crippen MR) is 199 cm³/mol. The molecule has 49 heavy (non-hydrogen) atoms. The lowest BCUT2D eigenvalue weighted by Crippen LogP contribution is -2.02. The molecule has 0 aliphatic rings. The number of pyridine rings is 1. The SMILES string of the molecule is c1ccc(-c2ccc3c(c2)c2ccccc2n3-c2cc(-c3nc(-c4ccccc4)nc(-c4ccccc4)n3)ccc2-c2ccccn2)cc1. The van der Waals surface area contributed by atoms with Gasteiger partial charge < -0.3 is 4.57 Å². The number of nitrogens with zero attached hydrogens (tertiary/aromatic N) is 5. The Morgan fingerprint density at radius 1 is 0.367 bits per heavy atom. The van der Waals surface area contributed by atoms with Crippen LogP contribution in [0.25, 0.3) is 84.0 Å². The van der Waals surface area contributed by atoms with E-state index in [0.717, 1.165) is 44.7 Å². The molecule has 0 saturated heterocycles. The Balaban J connectivity index is 1.31. The van der Waals surface area contributed by atoms with Gasteiger partial charge in [-0.3, -0.25) is 4.98 Å². The quantitative estimate of drug-likeness (QED) is 0.184. The minimum Gasteiger partial charge on any atom is -0.309 e. The van der Waals surface area contributed by atoms with E-state index >= 15 is 0 Å². The summed E-state index contributed by atoms with van der Waals surface area (Å²) in [6.07, 6.45) is 1.84. The van der Waals surface area contributed by atoms with E-state index in [-0.39, 0.29) is 0 Å². The van der Waals surface area contributed by atoms with Gasteiger partial charge in [-0.25, -0.2) is 15.0 Å². The zero-order chi connectivity index (χ0) is 32.6. The summed E-state index contributed by atoms with van der Waals surface area (Å²) >= 11 is 0. The second-order valence-electron chi connectivity index (χ2n) is 11.9. The number of hydrogen-bond acceptors (Lipinski definition) is 4. The van der Waals surface area contributed by atoms with Crippen LogP contribution in [0.2, 0.25) is 0 Å². The molecule has 9 rings (SSSR count). The number of benzene rings is 6. The number of rotatable bonds is 6. The van der Waals surface area contributed by atoms with Gasteiger partial charge in [0.1, 0.15) is 0 Å². The van der Waals surface area contributed by atoms with E-state index in [1.54, 1.807) is 0 Å². The van der Waals surface area contributed by atoms with E-state index in [1.807, 2.05) is 79.0 Å². The largest absolute Gasteiger partial charge is 0.309 e. The van der Waals surface area contributed by atoms with Crippen LogP contribution in [0.1, 0.15) is 0 Å². The molecule has 0 amide bonds. The van der Waals surface area contributed by atoms with Crippen LogP contribution < -0.4 is 0 Å². The van der Waals surface area contributed by atoms with Crippen LogP contribution in [0.4, 0.5) is 0 Å². The lowest BCUT2D eigenvalue weighted by molar-refractivity contribution is 1.07. The van der Waals surface area contributed by atoms with Gasteiger partial charge in [0.25, 0.3) is 0 Å². The Morgan fingerprint density at radius 3 is 1.57 bits per heavy atom. The summed E-state index contributed by atoms with van der Waals surface area (Å²) < 4.78 is 2.35. The van der Waals surface area contributed by atoms with Crippen molar-refractivity contribution in [3.05, 3.63) is 176 Å². The first kappa shape index (κ1) is 28.5. The lowest BCUT2D eigenvalue weighted by atomic mass is 10.0. The fourth-order valence-corrected chi connectivity index (χ4v) is 6.57. The first-order chi connectivity index (χ1) is 24.3. The third-order valence-electron chi connectivity index (χ3n) is 8.92. The maximum absolute atomic E-state index is 5.05. The zero-order valence-corrected chi connectivity index (χ0v) is 26.5. The maximum Gasteiger partial charge on any atom is 0.164 e. The number of aromatic nitrogens is 5. The molecule has 0 spiro atoms. The van der Waals surface area contributed by atoms with Crippen LogP contribution in [-0.4, -0.2) is 24.5 Å². The molecule has 0 aliphatic heterocycles. The summed E-state index contributed by atoms with van der Waals surface area (Å²) in [6, 6.07) is 58.5. The highest BCUT2D eigenvalue weighted by molar-refractivity contribution is 6.11. The average Bonchev–Trinajstić information content (AvgIpc) is 3.52. The third kappa shape index (κ3) is 5.24. The van der Waals surface area contributed by atoms with Crippen molar-refractivity contribution in [2.45, 2.75) is 0 Å². The molecular weight excluding hydrogens is 599 g/mol. The summed E-state index contributed by atoms with van der Waals surface area (Å²) in [5.74, 6) is 1.86. The average molecular weight is 628 g/mol. The second kappa shape index (κ2) is 12.1. The van der Waals surface area contributed by atoms with E-state index in [4.69, 9.17) is 19.9 Å². The number of para-hydroxylation sites is 1. The second-order valence-corrected chi connectivity index (χ2v) is 11.9. The molecule has 0 unspecified atom stereocenters. The Labute approximate surface area is 283 Å². The molecule has 3 heterocycles. The summed E-state index contributed by atoms with van der Waals surface area (Å²) in [5.41, 5.74) is 10.3. The minimum atomic E-state index is 0.605. The van der Waals surface area contributed by atoms with Crippen molar-refractivity contribution in [2.75, 3.05) is 0 Å². The van der Waals surface area contributed by atoms with Gasteiger partial charge in [0.15, 0.2) is 17.5 Å². The fourth-order valence-electron chi connectivity index (χ4n) is 6.57. The molecule has 5 heteroatoms. The van der Waals surface area contributed by atoms with Crippen molar-refractivity contribution in [3.63, 3.8) is 0 Å². The highest BCUT2D eigenvalue weighted by Crippen LogP contribution is 2.39. The molecule has 0 bridgehead atoms. The summed E-state index contributed by atoms with van der Waals surface area (Å²) in [7, 11) is 0. The van der Waals surface area contributed by atoms with Gasteiger partial charge in [-0.05, 0) is 53.6 Å². The highest BCUT2D eigenvalue weighted by Gasteiger charge is 2.19. The normalized spacial score (nSPS) is 11.3. The van der Waals surface area contributed by atoms with E-state index in [0.29, 0.717) is 17.5 Å². The zero-order valence-electron chi connectivity index (χ0n) is 26.5. The van der Waals surface area contributed by atoms with Crippen molar-refractivity contribution in [1.29, 1.82) is 0 Å². The summed E-state index contributed by atoms with van der Waals surface area (Å²) in [4.78, 5) is 19.8. The third-order valence-corrected chi connectivity index (χ3v) is 8.92. The van der Waals surface area contributed by atoms with Crippen molar-refractivity contribution >= 4 is 21.8 Å². The Hall–Kier alpha value is -6.72. The molecule has 9 aromatic rings. The molecule has 0 aliphatic carbocycles. The van der Waals surface area contributed by atoms with Crippen LogP contribution in [-0.2, 0) is 0 Å². The molecule has 0 saturated carbocycles. The van der Waals surface area contributed by atoms with Crippen LogP contribution in [0.15, 0.2) is 176 Å². The smallest absolute Gasteiger partial charge is 0.164 e. The lowest BCUT2D eigenvalue weighted by Gasteiger charge is -2.16. The fraction of sp³-hybridized carbons (Fsp3) is 0. The van der Waals surface area contributed by atoms with Gasteiger partial charge in [-0.1, -0.05) is 127 Å². The maximum atomic E-state index is 5.05. The van der Waals surface area contributed by atoms with Crippen molar-refractivity contribution in [3.8, 4) is 62.2 Å². The first-order valence-electron chi connectivity index (χ1n) is 16.3. The monoisotopic (exact) mass is 627 g/mol. The number of hydrogen-bond donors (Lipinski definition) is 0. The summed E-state index contributed by atoms with van der Waals surface area (Å²) in [5, 5.41) is 2.37. The molecule has 0 atom stereocenters. The molecule has 0 N–H and O–H groups in total. The van der Waals surface area contributed by atoms with Crippen molar-refractivity contribution in [2.24, 2.45) is 0 Å². The Morgan fingerprint density at radius 2 is 0.918 bits per heavy atom. The van der Waals surface area contributed by atoms with Crippen LogP contribution >= 0.6 is 0 Å². The minimum absolute atomic E-state index is 0.605. The molecular formula is C44H29N5. The van der Waals surface area contributed by atoms with Gasteiger partial charge in [0.05, 0.1) is 22.4 Å². The Kier molecular flexibility index (Phi) is 7.06. The van der Waals surface area contributed by atoms with Crippen LogP contribution in [0.5, 0.6) is 0 Å². The van der Waals surface area contributed by atoms with Gasteiger partial charge in [-0.2, -0.15) is 0 Å². The first-order valence-corrected chi connectivity index (χ1v) is 16.3. The standard InChI is InChI=1S/C44H29N5/c1-4-14-30(15-5-1)33-24-26-40-37(28-33)35-20-10-11-22-39(35)49(40)41-29-34(23-25-36(41)38-21-12-13-27-45-38)44-47-42(31-16-6-2-7-17-31)46-43(48-44)32-18-8-3-9-19-32/h1-29H. The molecule has 6 aromatic carbocycles. The van der Waals surface area contributed by atoms with E-state index in [9.17, 15) is 0 Å². The van der Waals surface area contributed by atoms with E-state index < -0.39 is 0 Å². The van der Waals surface area contributed by atoms with Gasteiger partial charge in [0, 0.05) is 39.2 Å². The number of fused-ring (bicyclic) bond motifs is 3. The van der Waals surface area contributed by atoms with Crippen LogP contribution in [0, 0.1) is 0 Å². The van der Waals surface area contributed by atoms with Crippen molar-refractivity contribution < 1.29 is 0 Å². The molecule has 3 aromatic heterocycles. The van der Waals surface area contributed by atoms with Crippen LogP contribution in [0.3, 0.4) is 0 Å². The summed E-state index contributed by atoms with van der Waals surface area (Å²) in [6.45, 7) is 0. The van der Waals surface area contributed by atoms with Crippen molar-refractivity contribution in [1.82, 2.24) is 24.5 Å². The molecule has 0 fully saturated rings. The van der Waals surface area contributed by atoms with Gasteiger partial charge in [-0.15, -0.1) is 0 Å². The predicted octanol–water partition coefficient (Wildman–Crippen LogP) is 10.7. The topological polar surface area (TPSA) is 56.5 Å². The Bertz CT molecular complexity index is 2520. The molecule has 230 valence electrons. The molecule has 5 nitrogen and oxygen atoms in total. The van der Waals surface area contributed by atoms with Gasteiger partial charge in [0.2, 0.25) is 0 Å². The molecule has 0 radical (unpaired) electrons. The highest BCUT2D eigenvalue weighted by atomic mass is 15.0. The van der Waals surface area contributed by atoms with Gasteiger partial charge >= 0.3 is 0 Å². The van der Waals surface area contributed by atoms with E-state index in [1.165, 1.54) is 21.9 Å². The van der Waals surface area contributed by atoms with E-state index in [2.05, 4.69) is 102 Å².